The molecule has 0 fully saturated rings. The topological polar surface area (TPSA) is 148 Å². The van der Waals surface area contributed by atoms with Crippen LogP contribution >= 0.6 is 11.6 Å². The second-order valence-corrected chi connectivity index (χ2v) is 6.84. The number of ether oxygens (including phenoxy) is 1. The average Bonchev–Trinajstić information content (AvgIpc) is 2.57. The minimum Gasteiger partial charge on any atom is -0.481 e. The maximum atomic E-state index is 12.3. The van der Waals surface area contributed by atoms with Gasteiger partial charge in [-0.3, -0.25) is 5.32 Å². The lowest BCUT2D eigenvalue weighted by Gasteiger charge is -2.11. The lowest BCUT2D eigenvalue weighted by Crippen LogP contribution is -2.35. The van der Waals surface area contributed by atoms with Crippen molar-refractivity contribution in [3.8, 4) is 5.88 Å². The third kappa shape index (κ3) is 4.18. The van der Waals surface area contributed by atoms with Crippen molar-refractivity contribution in [2.75, 3.05) is 12.4 Å². The Hall–Kier alpha value is -2.92. The minimum atomic E-state index is -4.45. The van der Waals surface area contributed by atoms with Crippen molar-refractivity contribution in [2.24, 2.45) is 0 Å². The van der Waals surface area contributed by atoms with E-state index in [1.807, 2.05) is 0 Å². The average molecular weight is 401 g/mol. The zero-order valence-corrected chi connectivity index (χ0v) is 15.1. The molecule has 0 saturated carbocycles. The molecule has 138 valence electrons. The molecule has 0 aliphatic rings. The van der Waals surface area contributed by atoms with Crippen molar-refractivity contribution in [3.63, 3.8) is 0 Å². The third-order valence-electron chi connectivity index (χ3n) is 3.09. The summed E-state index contributed by atoms with van der Waals surface area (Å²) in [6, 6.07) is 3.64. The Morgan fingerprint density at radius 2 is 1.88 bits per heavy atom. The number of carboxylic acid groups (broad SMARTS) is 1. The molecule has 0 radical (unpaired) electrons. The number of carboxylic acids is 1. The molecule has 10 nitrogen and oxygen atoms in total. The van der Waals surface area contributed by atoms with Crippen molar-refractivity contribution in [1.29, 1.82) is 0 Å². The molecule has 12 heteroatoms. The first-order valence-electron chi connectivity index (χ1n) is 6.90. The smallest absolute Gasteiger partial charge is 0.337 e. The molecule has 2 amide bonds. The van der Waals surface area contributed by atoms with E-state index in [9.17, 15) is 18.0 Å². The molecule has 0 spiro atoms. The van der Waals surface area contributed by atoms with Crippen LogP contribution < -0.4 is 14.8 Å². The summed E-state index contributed by atoms with van der Waals surface area (Å²) in [5.41, 5.74) is -0.0489. The van der Waals surface area contributed by atoms with E-state index in [1.165, 1.54) is 19.2 Å². The van der Waals surface area contributed by atoms with Crippen molar-refractivity contribution in [3.05, 3.63) is 40.5 Å². The third-order valence-corrected chi connectivity index (χ3v) is 4.85. The molecule has 0 aliphatic carbocycles. The first kappa shape index (κ1) is 19.4. The summed E-state index contributed by atoms with van der Waals surface area (Å²) in [7, 11) is -3.12. The maximum Gasteiger partial charge on any atom is 0.337 e. The van der Waals surface area contributed by atoms with Crippen molar-refractivity contribution in [1.82, 2.24) is 14.7 Å². The summed E-state index contributed by atoms with van der Waals surface area (Å²) < 4.78 is 31.2. The number of hydrogen-bond donors (Lipinski definition) is 3. The Bertz CT molecular complexity index is 979. The standard InChI is InChI=1S/C14H13ClN4O6S/c1-7-10(15)16-13(17-11(7)25-2)18-14(22)19-26(23,24)9-6-4-3-5-8(9)12(20)21/h3-6H,1-2H3,(H,20,21)(H2,16,17,18,19,22). The van der Waals surface area contributed by atoms with Crippen LogP contribution in [0.25, 0.3) is 0 Å². The van der Waals surface area contributed by atoms with Gasteiger partial charge in [0.25, 0.3) is 10.0 Å². The first-order valence-corrected chi connectivity index (χ1v) is 8.76. The number of halogens is 1. The molecule has 0 bridgehead atoms. The summed E-state index contributed by atoms with van der Waals surface area (Å²) >= 11 is 5.88. The van der Waals surface area contributed by atoms with E-state index in [0.29, 0.717) is 5.56 Å². The van der Waals surface area contributed by atoms with E-state index in [-0.39, 0.29) is 17.0 Å². The number of sulfonamides is 1. The number of nitrogens with one attached hydrogen (secondary N) is 2. The molecule has 0 saturated heterocycles. The monoisotopic (exact) mass is 400 g/mol. The van der Waals surface area contributed by atoms with Gasteiger partial charge in [-0.15, -0.1) is 0 Å². The lowest BCUT2D eigenvalue weighted by atomic mass is 10.2. The molecule has 0 aliphatic heterocycles. The fourth-order valence-electron chi connectivity index (χ4n) is 1.91. The first-order chi connectivity index (χ1) is 12.2. The Morgan fingerprint density at radius 3 is 2.50 bits per heavy atom. The summed E-state index contributed by atoms with van der Waals surface area (Å²) in [5.74, 6) is -1.65. The number of anilines is 1. The number of rotatable bonds is 5. The summed E-state index contributed by atoms with van der Waals surface area (Å²) in [6.45, 7) is 1.60. The molecular formula is C14H13ClN4O6S. The molecule has 1 aromatic carbocycles. The van der Waals surface area contributed by atoms with E-state index in [2.05, 4.69) is 15.3 Å². The second kappa shape index (κ2) is 7.54. The van der Waals surface area contributed by atoms with Gasteiger partial charge in [-0.1, -0.05) is 23.7 Å². The number of carbonyl (C=O) groups is 2. The zero-order chi connectivity index (χ0) is 19.5. The van der Waals surface area contributed by atoms with E-state index in [0.717, 1.165) is 12.1 Å². The zero-order valence-electron chi connectivity index (χ0n) is 13.5. The lowest BCUT2D eigenvalue weighted by molar-refractivity contribution is 0.0692. The number of aromatic nitrogens is 2. The quantitative estimate of drug-likeness (QED) is 0.641. The predicted molar refractivity (Wildman–Crippen MR) is 91.1 cm³/mol. The van der Waals surface area contributed by atoms with Gasteiger partial charge < -0.3 is 9.84 Å². The fourth-order valence-corrected chi connectivity index (χ4v) is 3.18. The van der Waals surface area contributed by atoms with Crippen molar-refractivity contribution < 1.29 is 27.9 Å². The van der Waals surface area contributed by atoms with Crippen LogP contribution in [0.3, 0.4) is 0 Å². The molecule has 0 atom stereocenters. The van der Waals surface area contributed by atoms with Gasteiger partial charge in [0.1, 0.15) is 10.0 Å². The number of hydrogen-bond acceptors (Lipinski definition) is 7. The highest BCUT2D eigenvalue weighted by atomic mass is 35.5. The molecule has 1 heterocycles. The Morgan fingerprint density at radius 1 is 1.23 bits per heavy atom. The van der Waals surface area contributed by atoms with Crippen LogP contribution in [0.2, 0.25) is 5.15 Å². The van der Waals surface area contributed by atoms with Gasteiger partial charge in [-0.05, 0) is 19.1 Å². The van der Waals surface area contributed by atoms with Gasteiger partial charge in [0, 0.05) is 5.56 Å². The SMILES string of the molecule is COc1nc(NC(=O)NS(=O)(=O)c2ccccc2C(=O)O)nc(Cl)c1C. The number of nitrogens with zero attached hydrogens (tertiary/aromatic N) is 2. The highest BCUT2D eigenvalue weighted by molar-refractivity contribution is 7.90. The highest BCUT2D eigenvalue weighted by Gasteiger charge is 2.24. The van der Waals surface area contributed by atoms with Gasteiger partial charge in [0.15, 0.2) is 0 Å². The maximum absolute atomic E-state index is 12.3. The van der Waals surface area contributed by atoms with Gasteiger partial charge in [0.05, 0.1) is 12.7 Å². The summed E-state index contributed by atoms with van der Waals surface area (Å²) in [4.78, 5) is 30.2. The van der Waals surface area contributed by atoms with E-state index in [1.54, 1.807) is 11.6 Å². The van der Waals surface area contributed by atoms with Crippen LogP contribution in [0.15, 0.2) is 29.2 Å². The van der Waals surface area contributed by atoms with Gasteiger partial charge in [-0.25, -0.2) is 27.7 Å². The van der Waals surface area contributed by atoms with Crippen LogP contribution in [0.1, 0.15) is 15.9 Å². The number of urea groups is 1. The number of benzene rings is 1. The summed E-state index contributed by atoms with van der Waals surface area (Å²) in [5, 5.41) is 11.2. The Balaban J connectivity index is 2.25. The van der Waals surface area contributed by atoms with Gasteiger partial charge >= 0.3 is 12.0 Å². The highest BCUT2D eigenvalue weighted by Crippen LogP contribution is 2.23. The second-order valence-electron chi connectivity index (χ2n) is 4.83. The largest absolute Gasteiger partial charge is 0.481 e. The Kier molecular flexibility index (Phi) is 5.63. The predicted octanol–water partition coefficient (Wildman–Crippen LogP) is 1.66. The van der Waals surface area contributed by atoms with Crippen LogP contribution in [0.4, 0.5) is 10.7 Å². The fraction of sp³-hybridized carbons (Fsp3) is 0.143. The Labute approximate surface area is 153 Å². The molecule has 3 N–H and O–H groups in total. The van der Waals surface area contributed by atoms with Crippen LogP contribution in [0.5, 0.6) is 5.88 Å². The van der Waals surface area contributed by atoms with Crippen molar-refractivity contribution in [2.45, 2.75) is 11.8 Å². The van der Waals surface area contributed by atoms with Gasteiger partial charge in [0.2, 0.25) is 11.8 Å². The number of carbonyl (C=O) groups excluding carboxylic acids is 1. The molecule has 1 aromatic heterocycles. The number of amides is 2. The number of methoxy groups -OCH3 is 1. The minimum absolute atomic E-state index is 0.00577. The van der Waals surface area contributed by atoms with E-state index >= 15 is 0 Å². The molecule has 26 heavy (non-hydrogen) atoms. The van der Waals surface area contributed by atoms with Crippen LogP contribution in [0, 0.1) is 6.92 Å². The van der Waals surface area contributed by atoms with Crippen LogP contribution in [-0.4, -0.2) is 42.6 Å². The van der Waals surface area contributed by atoms with E-state index < -0.39 is 32.5 Å². The summed E-state index contributed by atoms with van der Waals surface area (Å²) in [6.07, 6.45) is 0. The van der Waals surface area contributed by atoms with Crippen molar-refractivity contribution >= 4 is 39.6 Å². The molecule has 2 rings (SSSR count). The normalized spacial score (nSPS) is 10.9. The molecule has 2 aromatic rings. The van der Waals surface area contributed by atoms with Gasteiger partial charge in [-0.2, -0.15) is 4.98 Å². The molecule has 0 unspecified atom stereocenters. The van der Waals surface area contributed by atoms with E-state index in [4.69, 9.17) is 21.4 Å². The number of aromatic carboxylic acids is 1. The molecular weight excluding hydrogens is 388 g/mol. The van der Waals surface area contributed by atoms with Crippen LogP contribution in [-0.2, 0) is 10.0 Å².